The molecule has 0 fully saturated rings. The van der Waals surface area contributed by atoms with Gasteiger partial charge in [-0.25, -0.2) is 0 Å². The second kappa shape index (κ2) is 7.24. The van der Waals surface area contributed by atoms with E-state index < -0.39 is 0 Å². The fourth-order valence-corrected chi connectivity index (χ4v) is 2.94. The van der Waals surface area contributed by atoms with Crippen molar-refractivity contribution in [3.05, 3.63) is 46.2 Å². The summed E-state index contributed by atoms with van der Waals surface area (Å²) in [6, 6.07) is 10.1. The van der Waals surface area contributed by atoms with Gasteiger partial charge in [-0.3, -0.25) is 4.79 Å². The molecule has 0 aliphatic rings. The Morgan fingerprint density at radius 1 is 1.33 bits per heavy atom. The molecule has 0 bridgehead atoms. The molecule has 1 unspecified atom stereocenters. The molecule has 0 spiro atoms. The lowest BCUT2D eigenvalue weighted by atomic mass is 10.1. The van der Waals surface area contributed by atoms with Gasteiger partial charge in [-0.1, -0.05) is 18.2 Å². The maximum atomic E-state index is 11.2. The highest BCUT2D eigenvalue weighted by atomic mass is 32.1. The fourth-order valence-electron chi connectivity index (χ4n) is 2.16. The first-order valence-electron chi connectivity index (χ1n) is 6.82. The van der Waals surface area contributed by atoms with Gasteiger partial charge in [0.2, 0.25) is 5.91 Å². The van der Waals surface area contributed by atoms with Crippen molar-refractivity contribution in [2.75, 3.05) is 12.4 Å². The van der Waals surface area contributed by atoms with Crippen LogP contribution in [0.5, 0.6) is 5.75 Å². The van der Waals surface area contributed by atoms with Crippen LogP contribution in [0.3, 0.4) is 0 Å². The molecule has 5 heteroatoms. The van der Waals surface area contributed by atoms with Crippen LogP contribution in [-0.4, -0.2) is 13.0 Å². The Labute approximate surface area is 129 Å². The zero-order valence-corrected chi connectivity index (χ0v) is 13.3. The van der Waals surface area contributed by atoms with Gasteiger partial charge in [-0.05, 0) is 24.4 Å². The summed E-state index contributed by atoms with van der Waals surface area (Å²) in [6.45, 7) is 4.32. The van der Waals surface area contributed by atoms with Crippen LogP contribution in [-0.2, 0) is 11.3 Å². The third-order valence-electron chi connectivity index (χ3n) is 3.23. The van der Waals surface area contributed by atoms with Crippen LogP contribution >= 0.6 is 11.3 Å². The number of amides is 1. The molecule has 0 saturated carbocycles. The molecule has 0 aliphatic carbocycles. The van der Waals surface area contributed by atoms with Crippen molar-refractivity contribution in [2.24, 2.45) is 0 Å². The number of para-hydroxylation sites is 1. The van der Waals surface area contributed by atoms with Gasteiger partial charge in [0.25, 0.3) is 0 Å². The lowest BCUT2D eigenvalue weighted by molar-refractivity contribution is -0.114. The quantitative estimate of drug-likeness (QED) is 0.858. The number of carbonyl (C=O) groups excluding carboxylic acids is 1. The number of methoxy groups -OCH3 is 1. The number of ether oxygens (including phenoxy) is 1. The van der Waals surface area contributed by atoms with Crippen molar-refractivity contribution in [3.63, 3.8) is 0 Å². The molecule has 21 heavy (non-hydrogen) atoms. The van der Waals surface area contributed by atoms with Crippen molar-refractivity contribution in [2.45, 2.75) is 26.4 Å². The van der Waals surface area contributed by atoms with Gasteiger partial charge in [0.1, 0.15) is 5.75 Å². The molecule has 2 aromatic rings. The number of anilines is 1. The van der Waals surface area contributed by atoms with Crippen molar-refractivity contribution in [3.8, 4) is 5.75 Å². The third-order valence-corrected chi connectivity index (χ3v) is 4.15. The molecular formula is C16H20N2O2S. The summed E-state index contributed by atoms with van der Waals surface area (Å²) < 4.78 is 5.39. The molecule has 1 aromatic heterocycles. The number of benzene rings is 1. The highest BCUT2D eigenvalue weighted by Crippen LogP contribution is 2.26. The molecule has 1 atom stereocenters. The molecule has 1 heterocycles. The lowest BCUT2D eigenvalue weighted by Crippen LogP contribution is -2.19. The number of rotatable bonds is 6. The topological polar surface area (TPSA) is 50.4 Å². The first-order chi connectivity index (χ1) is 10.1. The second-order valence-electron chi connectivity index (χ2n) is 4.78. The van der Waals surface area contributed by atoms with E-state index in [2.05, 4.69) is 23.6 Å². The van der Waals surface area contributed by atoms with Crippen LogP contribution in [0.25, 0.3) is 0 Å². The summed E-state index contributed by atoms with van der Waals surface area (Å²) >= 11 is 1.63. The second-order valence-corrected chi connectivity index (χ2v) is 5.78. The van der Waals surface area contributed by atoms with E-state index in [1.165, 1.54) is 6.92 Å². The Hall–Kier alpha value is -1.85. The Morgan fingerprint density at radius 3 is 2.81 bits per heavy atom. The Kier molecular flexibility index (Phi) is 5.36. The first kappa shape index (κ1) is 15.5. The standard InChI is InChI=1S/C16H20N2O2S/c1-11(13-6-4-5-7-15(13)20-3)17-10-16-14(8-9-21-16)18-12(2)19/h4-9,11,17H,10H2,1-3H3,(H,18,19). The van der Waals surface area contributed by atoms with Gasteiger partial charge in [0, 0.05) is 30.0 Å². The zero-order valence-electron chi connectivity index (χ0n) is 12.5. The average molecular weight is 304 g/mol. The number of nitrogens with one attached hydrogen (secondary N) is 2. The van der Waals surface area contributed by atoms with E-state index >= 15 is 0 Å². The van der Waals surface area contributed by atoms with Gasteiger partial charge in [-0.15, -0.1) is 11.3 Å². The monoisotopic (exact) mass is 304 g/mol. The number of thiophene rings is 1. The molecule has 0 aliphatic heterocycles. The van der Waals surface area contributed by atoms with Crippen LogP contribution in [0.4, 0.5) is 5.69 Å². The molecular weight excluding hydrogens is 284 g/mol. The molecule has 112 valence electrons. The highest BCUT2D eigenvalue weighted by Gasteiger charge is 2.12. The molecule has 2 N–H and O–H groups in total. The van der Waals surface area contributed by atoms with Gasteiger partial charge in [0.05, 0.1) is 12.8 Å². The maximum absolute atomic E-state index is 11.2. The Balaban J connectivity index is 2.03. The van der Waals surface area contributed by atoms with Crippen LogP contribution in [0.2, 0.25) is 0 Å². The highest BCUT2D eigenvalue weighted by molar-refractivity contribution is 7.10. The normalized spacial score (nSPS) is 12.0. The summed E-state index contributed by atoms with van der Waals surface area (Å²) in [7, 11) is 1.68. The molecule has 2 rings (SSSR count). The largest absolute Gasteiger partial charge is 0.496 e. The first-order valence-corrected chi connectivity index (χ1v) is 7.70. The van der Waals surface area contributed by atoms with Crippen LogP contribution in [0, 0.1) is 0 Å². The van der Waals surface area contributed by atoms with Gasteiger partial charge < -0.3 is 15.4 Å². The van der Waals surface area contributed by atoms with Crippen molar-refractivity contribution in [1.29, 1.82) is 0 Å². The predicted molar refractivity (Wildman–Crippen MR) is 86.9 cm³/mol. The predicted octanol–water partition coefficient (Wildman–Crippen LogP) is 3.57. The summed E-state index contributed by atoms with van der Waals surface area (Å²) in [5, 5.41) is 8.30. The molecule has 0 saturated heterocycles. The Bertz CT molecular complexity index is 610. The van der Waals surface area contributed by atoms with Crippen LogP contribution < -0.4 is 15.4 Å². The summed E-state index contributed by atoms with van der Waals surface area (Å²) in [5.74, 6) is 0.832. The summed E-state index contributed by atoms with van der Waals surface area (Å²) in [5.41, 5.74) is 2.00. The van der Waals surface area contributed by atoms with E-state index in [1.807, 2.05) is 29.6 Å². The van der Waals surface area contributed by atoms with Crippen molar-refractivity contribution >= 4 is 22.9 Å². The molecule has 0 radical (unpaired) electrons. The van der Waals surface area contributed by atoms with E-state index in [0.717, 1.165) is 21.9 Å². The van der Waals surface area contributed by atoms with Crippen molar-refractivity contribution < 1.29 is 9.53 Å². The van der Waals surface area contributed by atoms with E-state index in [9.17, 15) is 4.79 Å². The zero-order chi connectivity index (χ0) is 15.2. The minimum Gasteiger partial charge on any atom is -0.496 e. The number of carbonyl (C=O) groups is 1. The summed E-state index contributed by atoms with van der Waals surface area (Å²) in [6.07, 6.45) is 0. The maximum Gasteiger partial charge on any atom is 0.221 e. The number of hydrogen-bond donors (Lipinski definition) is 2. The molecule has 4 nitrogen and oxygen atoms in total. The van der Waals surface area contributed by atoms with E-state index in [1.54, 1.807) is 18.4 Å². The Morgan fingerprint density at radius 2 is 2.10 bits per heavy atom. The third kappa shape index (κ3) is 4.06. The SMILES string of the molecule is COc1ccccc1C(C)NCc1sccc1NC(C)=O. The van der Waals surface area contributed by atoms with Gasteiger partial charge in [-0.2, -0.15) is 0 Å². The van der Waals surface area contributed by atoms with E-state index in [-0.39, 0.29) is 11.9 Å². The van der Waals surface area contributed by atoms with Crippen molar-refractivity contribution in [1.82, 2.24) is 5.32 Å². The summed E-state index contributed by atoms with van der Waals surface area (Å²) in [4.78, 5) is 12.3. The average Bonchev–Trinajstić information content (AvgIpc) is 2.91. The fraction of sp³-hybridized carbons (Fsp3) is 0.312. The van der Waals surface area contributed by atoms with Gasteiger partial charge in [0.15, 0.2) is 0 Å². The molecule has 1 amide bonds. The number of hydrogen-bond acceptors (Lipinski definition) is 4. The van der Waals surface area contributed by atoms with E-state index in [0.29, 0.717) is 6.54 Å². The van der Waals surface area contributed by atoms with Gasteiger partial charge >= 0.3 is 0 Å². The minimum absolute atomic E-state index is 0.0487. The smallest absolute Gasteiger partial charge is 0.221 e. The van der Waals surface area contributed by atoms with E-state index in [4.69, 9.17) is 4.74 Å². The lowest BCUT2D eigenvalue weighted by Gasteiger charge is -2.17. The van der Waals surface area contributed by atoms with Crippen LogP contribution in [0.1, 0.15) is 30.3 Å². The molecule has 1 aromatic carbocycles. The minimum atomic E-state index is -0.0487. The van der Waals surface area contributed by atoms with Crippen LogP contribution in [0.15, 0.2) is 35.7 Å².